The van der Waals surface area contributed by atoms with Gasteiger partial charge in [0.25, 0.3) is 17.1 Å². The molecular weight excluding hydrogens is 300 g/mol. The molecule has 0 bridgehead atoms. The van der Waals surface area contributed by atoms with Gasteiger partial charge >= 0.3 is 0 Å². The van der Waals surface area contributed by atoms with E-state index in [2.05, 4.69) is 30.2 Å². The molecule has 10 nitrogen and oxygen atoms in total. The molecule has 0 aliphatic rings. The fraction of sp³-hybridized carbons (Fsp3) is 0.0769. The number of aryl methyl sites for hydroxylation is 1. The highest BCUT2D eigenvalue weighted by atomic mass is 16.1. The molecule has 0 saturated heterocycles. The van der Waals surface area contributed by atoms with E-state index >= 15 is 0 Å². The number of H-pyrrole nitrogens is 2. The lowest BCUT2D eigenvalue weighted by molar-refractivity contribution is 0.793. The summed E-state index contributed by atoms with van der Waals surface area (Å²) in [7, 11) is 0. The largest absolute Gasteiger partial charge is 0.287 e. The van der Waals surface area contributed by atoms with Crippen LogP contribution in [0.15, 0.2) is 40.4 Å². The molecule has 0 spiro atoms. The highest BCUT2D eigenvalue weighted by Crippen LogP contribution is 2.13. The second-order valence-corrected chi connectivity index (χ2v) is 4.80. The van der Waals surface area contributed by atoms with E-state index in [1.165, 1.54) is 34.0 Å². The van der Waals surface area contributed by atoms with Crippen molar-refractivity contribution in [2.75, 3.05) is 0 Å². The first-order valence-corrected chi connectivity index (χ1v) is 6.67. The molecular formula is C13H10N8O2. The standard InChI is InChI=1S/C13H10N8O2/c1-7-10-8(5-9(22)20(7)13-16-6-17-18-13)19-21(11(10)23)12-14-3-2-4-15-12/h2-6,19H,1H3,(H,16,17,18). The Morgan fingerprint density at radius 1 is 1.13 bits per heavy atom. The maximum absolute atomic E-state index is 12.7. The molecule has 10 heteroatoms. The lowest BCUT2D eigenvalue weighted by Crippen LogP contribution is -2.23. The summed E-state index contributed by atoms with van der Waals surface area (Å²) in [6.07, 6.45) is 4.35. The molecule has 0 radical (unpaired) electrons. The Bertz CT molecular complexity index is 1100. The van der Waals surface area contributed by atoms with Gasteiger partial charge in [0.1, 0.15) is 6.33 Å². The minimum absolute atomic E-state index is 0.201. The van der Waals surface area contributed by atoms with Gasteiger partial charge in [-0.1, -0.05) is 0 Å². The van der Waals surface area contributed by atoms with Gasteiger partial charge in [-0.2, -0.15) is 14.8 Å². The molecule has 0 fully saturated rings. The van der Waals surface area contributed by atoms with Crippen molar-refractivity contribution < 1.29 is 0 Å². The van der Waals surface area contributed by atoms with Crippen molar-refractivity contribution in [1.29, 1.82) is 0 Å². The first-order chi connectivity index (χ1) is 11.2. The molecule has 4 aromatic heterocycles. The van der Waals surface area contributed by atoms with E-state index in [4.69, 9.17) is 0 Å². The van der Waals surface area contributed by atoms with E-state index < -0.39 is 0 Å². The van der Waals surface area contributed by atoms with Crippen LogP contribution in [0.1, 0.15) is 5.69 Å². The van der Waals surface area contributed by atoms with E-state index in [9.17, 15) is 9.59 Å². The number of aromatic amines is 2. The zero-order valence-corrected chi connectivity index (χ0v) is 11.9. The van der Waals surface area contributed by atoms with Gasteiger partial charge in [-0.15, -0.1) is 0 Å². The molecule has 0 aromatic carbocycles. The summed E-state index contributed by atoms with van der Waals surface area (Å²) in [5.41, 5.74) is 0.159. The molecule has 23 heavy (non-hydrogen) atoms. The van der Waals surface area contributed by atoms with Crippen molar-refractivity contribution in [2.45, 2.75) is 6.92 Å². The van der Waals surface area contributed by atoms with Crippen molar-refractivity contribution >= 4 is 10.9 Å². The van der Waals surface area contributed by atoms with Crippen LogP contribution in [-0.4, -0.2) is 39.5 Å². The van der Waals surface area contributed by atoms with E-state index in [0.29, 0.717) is 16.6 Å². The number of nitrogens with one attached hydrogen (secondary N) is 2. The number of aromatic nitrogens is 8. The molecule has 114 valence electrons. The number of fused-ring (bicyclic) bond motifs is 1. The summed E-state index contributed by atoms with van der Waals surface area (Å²) in [5.74, 6) is 0.448. The molecule has 4 rings (SSSR count). The van der Waals surface area contributed by atoms with Gasteiger partial charge in [0.2, 0.25) is 5.95 Å². The number of rotatable bonds is 2. The van der Waals surface area contributed by atoms with Crippen molar-refractivity contribution in [3.63, 3.8) is 0 Å². The summed E-state index contributed by atoms with van der Waals surface area (Å²) in [6, 6.07) is 2.97. The van der Waals surface area contributed by atoms with Crippen LogP contribution in [0.25, 0.3) is 22.8 Å². The third-order valence-electron chi connectivity index (χ3n) is 3.47. The smallest absolute Gasteiger partial charge is 0.283 e. The van der Waals surface area contributed by atoms with Gasteiger partial charge in [0.15, 0.2) is 0 Å². The van der Waals surface area contributed by atoms with Crippen molar-refractivity contribution in [3.05, 3.63) is 57.3 Å². The molecule has 0 aliphatic heterocycles. The fourth-order valence-electron chi connectivity index (χ4n) is 2.49. The highest BCUT2D eigenvalue weighted by molar-refractivity contribution is 5.80. The molecule has 0 aliphatic carbocycles. The zero-order valence-electron chi connectivity index (χ0n) is 11.9. The second-order valence-electron chi connectivity index (χ2n) is 4.80. The number of hydrogen-bond acceptors (Lipinski definition) is 6. The number of hydrogen-bond donors (Lipinski definition) is 2. The monoisotopic (exact) mass is 310 g/mol. The van der Waals surface area contributed by atoms with Crippen molar-refractivity contribution in [1.82, 2.24) is 39.5 Å². The van der Waals surface area contributed by atoms with E-state index in [1.807, 2.05) is 0 Å². The minimum atomic E-state index is -0.350. The van der Waals surface area contributed by atoms with E-state index in [1.54, 1.807) is 13.0 Å². The molecule has 0 saturated carbocycles. The van der Waals surface area contributed by atoms with Gasteiger partial charge in [0.05, 0.1) is 10.9 Å². The Morgan fingerprint density at radius 2 is 1.91 bits per heavy atom. The number of nitrogens with zero attached hydrogens (tertiary/aromatic N) is 6. The third kappa shape index (κ3) is 1.88. The Hall–Kier alpha value is -3.56. The lowest BCUT2D eigenvalue weighted by atomic mass is 10.2. The first-order valence-electron chi connectivity index (χ1n) is 6.67. The van der Waals surface area contributed by atoms with Crippen LogP contribution in [0.3, 0.4) is 0 Å². The van der Waals surface area contributed by atoms with Crippen molar-refractivity contribution in [3.8, 4) is 11.9 Å². The average Bonchev–Trinajstić information content (AvgIpc) is 3.17. The van der Waals surface area contributed by atoms with Crippen LogP contribution >= 0.6 is 0 Å². The van der Waals surface area contributed by atoms with E-state index in [0.717, 1.165) is 0 Å². The molecule has 2 N–H and O–H groups in total. The van der Waals surface area contributed by atoms with Crippen LogP contribution in [0.5, 0.6) is 0 Å². The molecule has 0 unspecified atom stereocenters. The topological polar surface area (TPSA) is 127 Å². The highest BCUT2D eigenvalue weighted by Gasteiger charge is 2.17. The second kappa shape index (κ2) is 4.73. The van der Waals surface area contributed by atoms with Gasteiger partial charge < -0.3 is 0 Å². The quantitative estimate of drug-likeness (QED) is 0.522. The van der Waals surface area contributed by atoms with Crippen LogP contribution in [0.2, 0.25) is 0 Å². The molecule has 0 atom stereocenters. The lowest BCUT2D eigenvalue weighted by Gasteiger charge is -2.05. The summed E-state index contributed by atoms with van der Waals surface area (Å²) in [5, 5.41) is 9.55. The summed E-state index contributed by atoms with van der Waals surface area (Å²) >= 11 is 0. The Kier molecular flexibility index (Phi) is 2.70. The maximum atomic E-state index is 12.7. The Labute approximate surface area is 127 Å². The van der Waals surface area contributed by atoms with Gasteiger partial charge in [-0.25, -0.2) is 19.6 Å². The Morgan fingerprint density at radius 3 is 2.61 bits per heavy atom. The molecule has 4 heterocycles. The summed E-state index contributed by atoms with van der Waals surface area (Å²) < 4.78 is 2.49. The summed E-state index contributed by atoms with van der Waals surface area (Å²) in [6.45, 7) is 1.66. The predicted molar refractivity (Wildman–Crippen MR) is 79.8 cm³/mol. The normalized spacial score (nSPS) is 11.2. The van der Waals surface area contributed by atoms with E-state index in [-0.39, 0.29) is 23.0 Å². The van der Waals surface area contributed by atoms with Crippen LogP contribution in [-0.2, 0) is 0 Å². The molecule has 0 amide bonds. The SMILES string of the molecule is Cc1c2c(=O)n(-c3ncccn3)[nH]c2cc(=O)n1-c1ncn[nH]1. The minimum Gasteiger partial charge on any atom is -0.287 e. The Balaban J connectivity index is 2.07. The van der Waals surface area contributed by atoms with Gasteiger partial charge in [-0.3, -0.25) is 14.7 Å². The van der Waals surface area contributed by atoms with Gasteiger partial charge in [-0.05, 0) is 13.0 Å². The maximum Gasteiger partial charge on any atom is 0.283 e. The number of pyridine rings is 1. The predicted octanol–water partition coefficient (Wildman–Crippen LogP) is -0.314. The van der Waals surface area contributed by atoms with Crippen LogP contribution in [0, 0.1) is 6.92 Å². The molecule has 4 aromatic rings. The summed E-state index contributed by atoms with van der Waals surface area (Å²) in [4.78, 5) is 37.0. The van der Waals surface area contributed by atoms with Gasteiger partial charge in [0, 0.05) is 24.2 Å². The van der Waals surface area contributed by atoms with Crippen LogP contribution in [0.4, 0.5) is 0 Å². The third-order valence-corrected chi connectivity index (χ3v) is 3.47. The first kappa shape index (κ1) is 13.1. The zero-order chi connectivity index (χ0) is 16.0. The van der Waals surface area contributed by atoms with Crippen LogP contribution < -0.4 is 11.1 Å². The van der Waals surface area contributed by atoms with Crippen molar-refractivity contribution in [2.24, 2.45) is 0 Å². The average molecular weight is 310 g/mol. The fourth-order valence-corrected chi connectivity index (χ4v) is 2.49.